The van der Waals surface area contributed by atoms with E-state index in [-0.39, 0.29) is 6.10 Å². The Morgan fingerprint density at radius 2 is 2.07 bits per heavy atom. The van der Waals surface area contributed by atoms with Crippen LogP contribution in [0.15, 0.2) is 30.3 Å². The van der Waals surface area contributed by atoms with Crippen molar-refractivity contribution in [2.45, 2.75) is 17.4 Å². The zero-order chi connectivity index (χ0) is 10.5. The standard InChI is InChI=1S/C12H15BrO2/c13-11(12-9-14-6-7-15-12)8-10-4-2-1-3-5-10/h1-5,11-12H,6-9H2. The number of hydrogen-bond donors (Lipinski definition) is 0. The summed E-state index contributed by atoms with van der Waals surface area (Å²) in [7, 11) is 0. The number of ether oxygens (including phenoxy) is 2. The van der Waals surface area contributed by atoms with Gasteiger partial charge < -0.3 is 9.47 Å². The summed E-state index contributed by atoms with van der Waals surface area (Å²) in [5, 5.41) is 0. The van der Waals surface area contributed by atoms with Crippen molar-refractivity contribution in [1.82, 2.24) is 0 Å². The normalized spacial score (nSPS) is 23.7. The van der Waals surface area contributed by atoms with E-state index in [0.29, 0.717) is 18.0 Å². The quantitative estimate of drug-likeness (QED) is 0.786. The second-order valence-electron chi connectivity index (χ2n) is 3.69. The molecule has 2 nitrogen and oxygen atoms in total. The smallest absolute Gasteiger partial charge is 0.0937 e. The van der Waals surface area contributed by atoms with Crippen molar-refractivity contribution in [3.05, 3.63) is 35.9 Å². The molecule has 1 saturated heterocycles. The van der Waals surface area contributed by atoms with Gasteiger partial charge in [0.25, 0.3) is 0 Å². The van der Waals surface area contributed by atoms with Crippen LogP contribution >= 0.6 is 15.9 Å². The van der Waals surface area contributed by atoms with Crippen molar-refractivity contribution >= 4 is 15.9 Å². The predicted octanol–water partition coefficient (Wildman–Crippen LogP) is 2.41. The second kappa shape index (κ2) is 5.64. The van der Waals surface area contributed by atoms with E-state index in [9.17, 15) is 0 Å². The highest BCUT2D eigenvalue weighted by Gasteiger charge is 2.22. The fraction of sp³-hybridized carbons (Fsp3) is 0.500. The minimum atomic E-state index is 0.180. The molecule has 1 aromatic rings. The highest BCUT2D eigenvalue weighted by atomic mass is 79.9. The van der Waals surface area contributed by atoms with Gasteiger partial charge in [0.1, 0.15) is 0 Å². The lowest BCUT2D eigenvalue weighted by Crippen LogP contribution is -2.36. The van der Waals surface area contributed by atoms with Gasteiger partial charge in [0.05, 0.1) is 25.9 Å². The number of alkyl halides is 1. The molecule has 1 fully saturated rings. The van der Waals surface area contributed by atoms with Crippen LogP contribution in [0.3, 0.4) is 0 Å². The monoisotopic (exact) mass is 270 g/mol. The summed E-state index contributed by atoms with van der Waals surface area (Å²) in [6.45, 7) is 2.13. The number of benzene rings is 1. The van der Waals surface area contributed by atoms with Crippen LogP contribution in [0.2, 0.25) is 0 Å². The molecule has 0 amide bonds. The Labute approximate surface area is 98.7 Å². The van der Waals surface area contributed by atoms with E-state index < -0.39 is 0 Å². The molecule has 82 valence electrons. The van der Waals surface area contributed by atoms with Gasteiger partial charge in [-0.3, -0.25) is 0 Å². The number of halogens is 1. The molecule has 0 radical (unpaired) electrons. The minimum Gasteiger partial charge on any atom is -0.376 e. The third kappa shape index (κ3) is 3.30. The van der Waals surface area contributed by atoms with E-state index in [0.717, 1.165) is 13.0 Å². The zero-order valence-electron chi connectivity index (χ0n) is 8.56. The Morgan fingerprint density at radius 3 is 2.73 bits per heavy atom. The summed E-state index contributed by atoms with van der Waals surface area (Å²) in [5.74, 6) is 0. The molecule has 15 heavy (non-hydrogen) atoms. The molecule has 3 heteroatoms. The van der Waals surface area contributed by atoms with Gasteiger partial charge in [-0.05, 0) is 12.0 Å². The molecule has 0 aliphatic carbocycles. The van der Waals surface area contributed by atoms with Crippen molar-refractivity contribution < 1.29 is 9.47 Å². The van der Waals surface area contributed by atoms with E-state index in [1.54, 1.807) is 0 Å². The van der Waals surface area contributed by atoms with Gasteiger partial charge in [0, 0.05) is 4.83 Å². The van der Waals surface area contributed by atoms with Gasteiger partial charge in [-0.2, -0.15) is 0 Å². The maximum absolute atomic E-state index is 5.64. The highest BCUT2D eigenvalue weighted by molar-refractivity contribution is 9.09. The van der Waals surface area contributed by atoms with Crippen LogP contribution in [0.1, 0.15) is 5.56 Å². The Morgan fingerprint density at radius 1 is 1.27 bits per heavy atom. The maximum atomic E-state index is 5.64. The minimum absolute atomic E-state index is 0.180. The van der Waals surface area contributed by atoms with Crippen LogP contribution in [0, 0.1) is 0 Å². The largest absolute Gasteiger partial charge is 0.376 e. The van der Waals surface area contributed by atoms with Crippen LogP contribution in [-0.4, -0.2) is 30.8 Å². The summed E-state index contributed by atoms with van der Waals surface area (Å²) in [6.07, 6.45) is 1.16. The van der Waals surface area contributed by atoms with Gasteiger partial charge >= 0.3 is 0 Å². The second-order valence-corrected chi connectivity index (χ2v) is 4.87. The van der Waals surface area contributed by atoms with E-state index in [1.165, 1.54) is 5.56 Å². The van der Waals surface area contributed by atoms with Crippen LogP contribution in [0.5, 0.6) is 0 Å². The number of hydrogen-bond acceptors (Lipinski definition) is 2. The summed E-state index contributed by atoms with van der Waals surface area (Å²) < 4.78 is 11.0. The van der Waals surface area contributed by atoms with Crippen molar-refractivity contribution in [3.63, 3.8) is 0 Å². The Bertz CT molecular complexity index is 283. The van der Waals surface area contributed by atoms with Crippen molar-refractivity contribution in [2.75, 3.05) is 19.8 Å². The zero-order valence-corrected chi connectivity index (χ0v) is 10.2. The maximum Gasteiger partial charge on any atom is 0.0937 e. The fourth-order valence-electron chi connectivity index (χ4n) is 1.69. The first kappa shape index (κ1) is 11.1. The van der Waals surface area contributed by atoms with Gasteiger partial charge in [0.15, 0.2) is 0 Å². The molecule has 0 N–H and O–H groups in total. The Hall–Kier alpha value is -0.380. The van der Waals surface area contributed by atoms with Crippen molar-refractivity contribution in [1.29, 1.82) is 0 Å². The van der Waals surface area contributed by atoms with Gasteiger partial charge in [-0.25, -0.2) is 0 Å². The Kier molecular flexibility index (Phi) is 4.18. The molecule has 1 heterocycles. The van der Waals surface area contributed by atoms with Gasteiger partial charge in [0.2, 0.25) is 0 Å². The van der Waals surface area contributed by atoms with Gasteiger partial charge in [-0.15, -0.1) is 0 Å². The van der Waals surface area contributed by atoms with Crippen LogP contribution < -0.4 is 0 Å². The van der Waals surface area contributed by atoms with Crippen LogP contribution in [0.4, 0.5) is 0 Å². The Balaban J connectivity index is 1.88. The van der Waals surface area contributed by atoms with Crippen LogP contribution in [-0.2, 0) is 15.9 Å². The molecule has 1 aromatic carbocycles. The first-order valence-corrected chi connectivity index (χ1v) is 6.15. The summed E-state index contributed by atoms with van der Waals surface area (Å²) in [4.78, 5) is 0.334. The average molecular weight is 271 g/mol. The molecule has 2 atom stereocenters. The van der Waals surface area contributed by atoms with E-state index >= 15 is 0 Å². The number of rotatable bonds is 3. The lowest BCUT2D eigenvalue weighted by atomic mass is 10.1. The molecule has 0 spiro atoms. The molecule has 0 aromatic heterocycles. The summed E-state index contributed by atoms with van der Waals surface area (Å²) >= 11 is 3.67. The molecule has 2 unspecified atom stereocenters. The first-order chi connectivity index (χ1) is 7.36. The molecule has 1 aliphatic heterocycles. The first-order valence-electron chi connectivity index (χ1n) is 5.23. The summed E-state index contributed by atoms with van der Waals surface area (Å²) in [5.41, 5.74) is 1.33. The van der Waals surface area contributed by atoms with E-state index in [2.05, 4.69) is 40.2 Å². The lowest BCUT2D eigenvalue weighted by molar-refractivity contribution is -0.0871. The molecular formula is C12H15BrO2. The molecule has 1 aliphatic rings. The van der Waals surface area contributed by atoms with Crippen molar-refractivity contribution in [3.8, 4) is 0 Å². The van der Waals surface area contributed by atoms with Gasteiger partial charge in [-0.1, -0.05) is 46.3 Å². The molecule has 0 bridgehead atoms. The molecule has 0 saturated carbocycles. The third-order valence-electron chi connectivity index (χ3n) is 2.52. The van der Waals surface area contributed by atoms with E-state index in [1.807, 2.05) is 6.07 Å². The predicted molar refractivity (Wildman–Crippen MR) is 63.4 cm³/mol. The third-order valence-corrected chi connectivity index (χ3v) is 3.43. The molecule has 2 rings (SSSR count). The lowest BCUT2D eigenvalue weighted by Gasteiger charge is -2.27. The fourth-order valence-corrected chi connectivity index (χ4v) is 2.36. The topological polar surface area (TPSA) is 18.5 Å². The highest BCUT2D eigenvalue weighted by Crippen LogP contribution is 2.18. The molecular weight excluding hydrogens is 256 g/mol. The van der Waals surface area contributed by atoms with Crippen molar-refractivity contribution in [2.24, 2.45) is 0 Å². The average Bonchev–Trinajstić information content (AvgIpc) is 2.31. The van der Waals surface area contributed by atoms with E-state index in [4.69, 9.17) is 9.47 Å². The van der Waals surface area contributed by atoms with Crippen LogP contribution in [0.25, 0.3) is 0 Å². The SMILES string of the molecule is BrC(Cc1ccccc1)C1COCCO1. The summed E-state index contributed by atoms with van der Waals surface area (Å²) in [6, 6.07) is 10.4.